The van der Waals surface area contributed by atoms with Gasteiger partial charge < -0.3 is 37.5 Å². The fraction of sp³-hybridized carbons (Fsp3) is 0.321. The molecule has 0 spiro atoms. The number of nitrogens with zero attached hydrogens (tertiary/aromatic N) is 3. The van der Waals surface area contributed by atoms with E-state index in [0.29, 0.717) is 59.5 Å². The molecule has 3 N–H and O–H groups in total. The molecular weight excluding hydrogens is 591 g/mol. The monoisotopic (exact) mass is 622 g/mol. The predicted molar refractivity (Wildman–Crippen MR) is 166 cm³/mol. The van der Waals surface area contributed by atoms with Crippen molar-refractivity contribution in [2.75, 3.05) is 58.6 Å². The first kappa shape index (κ1) is 31.7. The first-order valence-electron chi connectivity index (χ1n) is 12.6. The number of carbonyl (C=O) groups is 2. The highest BCUT2D eigenvalue weighted by Gasteiger charge is 2.16. The molecule has 0 saturated heterocycles. The number of alkyl halides is 2. The van der Waals surface area contributed by atoms with Gasteiger partial charge in [0.2, 0.25) is 5.91 Å². The van der Waals surface area contributed by atoms with Crippen LogP contribution in [0.2, 0.25) is 0 Å². The van der Waals surface area contributed by atoms with Gasteiger partial charge in [-0.25, -0.2) is 4.98 Å². The van der Waals surface area contributed by atoms with Crippen molar-refractivity contribution < 1.29 is 22.0 Å². The molecular formula is C28H33Cl3N6O2S. The summed E-state index contributed by atoms with van der Waals surface area (Å²) in [6.45, 7) is 1.39. The second-order valence-electron chi connectivity index (χ2n) is 9.35. The van der Waals surface area contributed by atoms with E-state index >= 15 is 0 Å². The Kier molecular flexibility index (Phi) is 11.6. The van der Waals surface area contributed by atoms with Crippen LogP contribution in [0.5, 0.6) is 0 Å². The summed E-state index contributed by atoms with van der Waals surface area (Å²) in [5, 5.41) is 5.89. The number of amides is 2. The summed E-state index contributed by atoms with van der Waals surface area (Å²) >= 11 is 11.8. The third-order valence-electron chi connectivity index (χ3n) is 6.29. The molecule has 0 aliphatic rings. The highest BCUT2D eigenvalue weighted by molar-refractivity contribution is 7.95. The van der Waals surface area contributed by atoms with E-state index in [0.717, 1.165) is 22.7 Å². The van der Waals surface area contributed by atoms with E-state index < -0.39 is 0 Å². The van der Waals surface area contributed by atoms with Crippen LogP contribution in [-0.4, -0.2) is 69.5 Å². The van der Waals surface area contributed by atoms with Crippen molar-refractivity contribution in [1.82, 2.24) is 14.5 Å². The molecule has 4 aromatic rings. The average Bonchev–Trinajstić information content (AvgIpc) is 3.51. The lowest BCUT2D eigenvalue weighted by atomic mass is 10.1. The maximum atomic E-state index is 13.0. The van der Waals surface area contributed by atoms with Crippen molar-refractivity contribution in [3.05, 3.63) is 60.3 Å². The van der Waals surface area contributed by atoms with Crippen LogP contribution in [0.1, 0.15) is 16.8 Å². The first-order chi connectivity index (χ1) is 18.8. The number of rotatable bonds is 12. The molecule has 0 fully saturated rings. The summed E-state index contributed by atoms with van der Waals surface area (Å²) in [6, 6.07) is 14.9. The summed E-state index contributed by atoms with van der Waals surface area (Å²) in [6.07, 6.45) is 6.51. The molecule has 2 heterocycles. The number of aryl methyl sites for hydroxylation is 1. The van der Waals surface area contributed by atoms with Crippen LogP contribution < -0.4 is 27.9 Å². The number of H-pyrrole nitrogens is 1. The molecule has 0 aliphatic carbocycles. The van der Waals surface area contributed by atoms with Crippen LogP contribution in [-0.2, 0) is 22.7 Å². The number of halogens is 3. The van der Waals surface area contributed by atoms with Gasteiger partial charge in [-0.15, -0.1) is 23.2 Å². The number of anilines is 3. The van der Waals surface area contributed by atoms with Gasteiger partial charge >= 0.3 is 0 Å². The Balaban J connectivity index is 0.00000441. The minimum atomic E-state index is -0.220. The zero-order valence-corrected chi connectivity index (χ0v) is 25.7. The van der Waals surface area contributed by atoms with Crippen LogP contribution in [0.15, 0.2) is 54.7 Å². The fourth-order valence-corrected chi connectivity index (χ4v) is 5.23. The van der Waals surface area contributed by atoms with Gasteiger partial charge in [-0.3, -0.25) is 9.59 Å². The Hall–Kier alpha value is -2.85. The molecule has 0 saturated carbocycles. The Labute approximate surface area is 253 Å². The third kappa shape index (κ3) is 7.87. The summed E-state index contributed by atoms with van der Waals surface area (Å²) in [7, 11) is 2.15. The van der Waals surface area contributed by atoms with Gasteiger partial charge in [-0.2, -0.15) is 0 Å². The second kappa shape index (κ2) is 14.7. The van der Waals surface area contributed by atoms with E-state index in [2.05, 4.69) is 33.0 Å². The zero-order valence-electron chi connectivity index (χ0n) is 22.6. The molecule has 0 atom stereocenters. The van der Waals surface area contributed by atoms with E-state index in [9.17, 15) is 9.59 Å². The number of carbonyl (C=O) groups excluding carboxylic acids is 2. The topological polar surface area (TPSA) is 95.0 Å². The van der Waals surface area contributed by atoms with Crippen molar-refractivity contribution >= 4 is 74.0 Å². The molecule has 2 aromatic heterocycles. The van der Waals surface area contributed by atoms with Crippen molar-refractivity contribution in [1.29, 1.82) is 0 Å². The van der Waals surface area contributed by atoms with E-state index in [1.54, 1.807) is 18.3 Å². The molecule has 8 nitrogen and oxygen atoms in total. The van der Waals surface area contributed by atoms with E-state index in [4.69, 9.17) is 28.2 Å². The Morgan fingerprint density at radius 1 is 1.00 bits per heavy atom. The highest BCUT2D eigenvalue weighted by Crippen LogP contribution is 2.26. The molecule has 2 amide bonds. The van der Waals surface area contributed by atoms with Gasteiger partial charge in [0.1, 0.15) is 5.75 Å². The number of benzene rings is 2. The Morgan fingerprint density at radius 3 is 2.35 bits per heavy atom. The standard InChI is InChI=1S/C28H32Cl2N6O2S.ClH/c1-35-25-9-4-19(28(38)33-20-5-7-22(8-6-20)36(13-11-29)14-12-30)16-23(25)34-27(35)24-17-21(18-31-24)32-26(37)10-15-39(2)3;/h4-9,16-18H,10-15H2,1-3H3,(H2-,31,32,33,34,37,38);1H. The number of nitrogens with one attached hydrogen (secondary N) is 3. The van der Waals surface area contributed by atoms with Crippen LogP contribution in [0.25, 0.3) is 22.6 Å². The molecule has 0 radical (unpaired) electrons. The predicted octanol–water partition coefficient (Wildman–Crippen LogP) is 2.32. The molecule has 40 heavy (non-hydrogen) atoms. The maximum absolute atomic E-state index is 13.0. The third-order valence-corrected chi connectivity index (χ3v) is 7.65. The van der Waals surface area contributed by atoms with Gasteiger partial charge in [0.25, 0.3) is 5.91 Å². The minimum absolute atomic E-state index is 0. The van der Waals surface area contributed by atoms with E-state index in [1.807, 2.05) is 48.0 Å². The van der Waals surface area contributed by atoms with Crippen molar-refractivity contribution in [3.63, 3.8) is 0 Å². The molecule has 0 aliphatic heterocycles. The SMILES string of the molecule is Cn1c(-c2cc(NC(=O)CC[S+](C)C)c[nH]2)nc2cc(C(=O)Nc3ccc(N(CCCl)CCCl)cc3)ccc21.[Cl-]. The van der Waals surface area contributed by atoms with Gasteiger partial charge in [-0.1, -0.05) is 0 Å². The second-order valence-corrected chi connectivity index (χ2v) is 12.5. The lowest BCUT2D eigenvalue weighted by molar-refractivity contribution is -0.115. The summed E-state index contributed by atoms with van der Waals surface area (Å²) in [5.74, 6) is 2.38. The first-order valence-corrected chi connectivity index (χ1v) is 15.8. The minimum Gasteiger partial charge on any atom is -1.00 e. The van der Waals surface area contributed by atoms with Crippen molar-refractivity contribution in [2.45, 2.75) is 6.42 Å². The number of hydrogen-bond donors (Lipinski definition) is 3. The molecule has 2 aromatic carbocycles. The summed E-state index contributed by atoms with van der Waals surface area (Å²) in [5.41, 5.74) is 5.27. The quantitative estimate of drug-likeness (QED) is 0.167. The van der Waals surface area contributed by atoms with Crippen LogP contribution in [0.4, 0.5) is 17.1 Å². The van der Waals surface area contributed by atoms with Gasteiger partial charge in [0, 0.05) is 55.0 Å². The van der Waals surface area contributed by atoms with Crippen LogP contribution in [0.3, 0.4) is 0 Å². The van der Waals surface area contributed by atoms with Gasteiger partial charge in [0.15, 0.2) is 5.82 Å². The Morgan fingerprint density at radius 2 is 1.70 bits per heavy atom. The number of aromatic nitrogens is 3. The molecule has 0 bridgehead atoms. The number of hydrogen-bond acceptors (Lipinski definition) is 4. The van der Waals surface area contributed by atoms with Crippen molar-refractivity contribution in [2.24, 2.45) is 7.05 Å². The zero-order chi connectivity index (χ0) is 27.9. The maximum Gasteiger partial charge on any atom is 0.255 e. The highest BCUT2D eigenvalue weighted by atomic mass is 35.5. The number of aromatic amines is 1. The summed E-state index contributed by atoms with van der Waals surface area (Å²) in [4.78, 5) is 35.3. The number of fused-ring (bicyclic) bond motifs is 1. The summed E-state index contributed by atoms with van der Waals surface area (Å²) < 4.78 is 1.96. The van der Waals surface area contributed by atoms with Gasteiger partial charge in [-0.05, 0) is 59.4 Å². The molecule has 0 unspecified atom stereocenters. The fourth-order valence-electron chi connectivity index (χ4n) is 4.23. The molecule has 12 heteroatoms. The van der Waals surface area contributed by atoms with Crippen LogP contribution in [0, 0.1) is 0 Å². The smallest absolute Gasteiger partial charge is 0.255 e. The lowest BCUT2D eigenvalue weighted by Gasteiger charge is -2.23. The average molecular weight is 624 g/mol. The van der Waals surface area contributed by atoms with Crippen LogP contribution >= 0.6 is 23.2 Å². The number of imidazole rings is 1. The van der Waals surface area contributed by atoms with Crippen molar-refractivity contribution in [3.8, 4) is 11.5 Å². The Bertz CT molecular complexity index is 1430. The largest absolute Gasteiger partial charge is 1.00 e. The normalized spacial score (nSPS) is 10.9. The van der Waals surface area contributed by atoms with E-state index in [1.165, 1.54) is 0 Å². The molecule has 4 rings (SSSR count). The van der Waals surface area contributed by atoms with Gasteiger partial charge in [0.05, 0.1) is 41.3 Å². The lowest BCUT2D eigenvalue weighted by Crippen LogP contribution is -3.00. The van der Waals surface area contributed by atoms with E-state index in [-0.39, 0.29) is 35.1 Å². The molecule has 214 valence electrons.